The lowest BCUT2D eigenvalue weighted by atomic mass is 9.64. The Morgan fingerprint density at radius 1 is 0.368 bits per heavy atom. The van der Waals surface area contributed by atoms with E-state index in [9.17, 15) is 0 Å². The van der Waals surface area contributed by atoms with E-state index in [1.54, 1.807) is 0 Å². The van der Waals surface area contributed by atoms with E-state index in [1.807, 2.05) is 22.7 Å². The standard InChI is InChI=1S/C70H48N4S2/c1-70(2,66-44-23-5-3-19-40(44)41-20-4-6-24-45(41)66)67-62(48-25-7-13-29-52(48)71)58(73-54-31-15-9-27-50(54)64-56(73)37-35-46-42-21-11-17-33-60(42)75-68(46)64)39-59(63(67)49-26-8-14-30-53(49)72)74-55-32-16-10-28-51(55)65-57(74)38-36-47-43-22-12-18-34-61(43)76-69(47)65/h3-39,66H,71-72H2,1-2H3. The summed E-state index contributed by atoms with van der Waals surface area (Å²) in [5.41, 5.74) is 32.9. The van der Waals surface area contributed by atoms with Gasteiger partial charge in [0.1, 0.15) is 0 Å². The normalized spacial score (nSPS) is 12.9. The smallest absolute Gasteiger partial charge is 0.0565 e. The van der Waals surface area contributed by atoms with Crippen LogP contribution in [0.4, 0.5) is 11.4 Å². The zero-order chi connectivity index (χ0) is 50.6. The summed E-state index contributed by atoms with van der Waals surface area (Å²) in [6.07, 6.45) is 0. The summed E-state index contributed by atoms with van der Waals surface area (Å²) in [5.74, 6) is -0.0528. The van der Waals surface area contributed by atoms with Crippen molar-refractivity contribution in [2.75, 3.05) is 11.5 Å². The lowest BCUT2D eigenvalue weighted by Gasteiger charge is -2.39. The van der Waals surface area contributed by atoms with E-state index in [0.29, 0.717) is 11.4 Å². The maximum Gasteiger partial charge on any atom is 0.0565 e. The van der Waals surface area contributed by atoms with Crippen LogP contribution in [0.3, 0.4) is 0 Å². The van der Waals surface area contributed by atoms with Crippen molar-refractivity contribution in [3.05, 3.63) is 241 Å². The molecule has 4 heterocycles. The van der Waals surface area contributed by atoms with Crippen LogP contribution < -0.4 is 11.5 Å². The van der Waals surface area contributed by atoms with E-state index in [1.165, 1.54) is 89.7 Å². The Morgan fingerprint density at radius 2 is 0.750 bits per heavy atom. The van der Waals surface area contributed by atoms with Gasteiger partial charge in [0.2, 0.25) is 0 Å². The van der Waals surface area contributed by atoms with E-state index >= 15 is 0 Å². The highest BCUT2D eigenvalue weighted by Gasteiger charge is 2.45. The minimum atomic E-state index is -0.627. The number of aromatic nitrogens is 2. The molecule has 11 aromatic carbocycles. The van der Waals surface area contributed by atoms with Gasteiger partial charge >= 0.3 is 0 Å². The van der Waals surface area contributed by atoms with E-state index in [4.69, 9.17) is 11.5 Å². The van der Waals surface area contributed by atoms with Gasteiger partial charge in [-0.3, -0.25) is 0 Å². The molecule has 0 aliphatic heterocycles. The molecule has 0 radical (unpaired) electrons. The molecule has 0 unspecified atom stereocenters. The number of para-hydroxylation sites is 4. The Kier molecular flexibility index (Phi) is 9.17. The Morgan fingerprint density at radius 3 is 1.21 bits per heavy atom. The summed E-state index contributed by atoms with van der Waals surface area (Å²) in [7, 11) is 0. The molecule has 0 saturated carbocycles. The van der Waals surface area contributed by atoms with Gasteiger partial charge in [-0.05, 0) is 82.4 Å². The first-order chi connectivity index (χ1) is 37.3. The second-order valence-corrected chi connectivity index (χ2v) is 23.2. The first-order valence-electron chi connectivity index (χ1n) is 26.1. The second-order valence-electron chi connectivity index (χ2n) is 21.1. The van der Waals surface area contributed by atoms with Crippen molar-refractivity contribution in [3.63, 3.8) is 0 Å². The molecule has 360 valence electrons. The summed E-state index contributed by atoms with van der Waals surface area (Å²) in [6, 6.07) is 82.7. The van der Waals surface area contributed by atoms with Crippen molar-refractivity contribution in [2.24, 2.45) is 0 Å². The maximum absolute atomic E-state index is 7.48. The summed E-state index contributed by atoms with van der Waals surface area (Å²) in [6.45, 7) is 4.95. The molecule has 1 aliphatic carbocycles. The van der Waals surface area contributed by atoms with Crippen molar-refractivity contribution >= 4 is 118 Å². The van der Waals surface area contributed by atoms with Gasteiger partial charge < -0.3 is 20.6 Å². The van der Waals surface area contributed by atoms with E-state index < -0.39 is 5.41 Å². The largest absolute Gasteiger partial charge is 0.398 e. The van der Waals surface area contributed by atoms with E-state index in [0.717, 1.165) is 55.7 Å². The van der Waals surface area contributed by atoms with Gasteiger partial charge in [0.25, 0.3) is 0 Å². The second kappa shape index (κ2) is 16.0. The first-order valence-corrected chi connectivity index (χ1v) is 27.8. The van der Waals surface area contributed by atoms with Crippen LogP contribution in [0, 0.1) is 0 Å². The van der Waals surface area contributed by atoms with E-state index in [2.05, 4.69) is 247 Å². The van der Waals surface area contributed by atoms with Gasteiger partial charge in [0.05, 0.1) is 33.4 Å². The number of nitrogen functional groups attached to an aromatic ring is 2. The third-order valence-electron chi connectivity index (χ3n) is 16.8. The average molecular weight is 1010 g/mol. The number of thiophene rings is 2. The van der Waals surface area contributed by atoms with Gasteiger partial charge in [-0.25, -0.2) is 0 Å². The zero-order valence-corrected chi connectivity index (χ0v) is 43.4. The van der Waals surface area contributed by atoms with Crippen molar-refractivity contribution in [1.29, 1.82) is 0 Å². The van der Waals surface area contributed by atoms with Crippen LogP contribution in [0.15, 0.2) is 224 Å². The lowest BCUT2D eigenvalue weighted by Crippen LogP contribution is -2.29. The Bertz CT molecular complexity index is 4660. The fourth-order valence-corrected chi connectivity index (χ4v) is 16.2. The SMILES string of the molecule is CC(C)(c1c(-c2ccccc2N)c(-n2c3ccccc3c3c4sc5ccccc5c4ccc32)cc(-n2c3ccccc3c3c4sc5ccccc5c4ccc32)c1-c1ccccc1N)C1c2ccccc2-c2ccccc21. The minimum Gasteiger partial charge on any atom is -0.398 e. The van der Waals surface area contributed by atoms with Crippen LogP contribution in [0.2, 0.25) is 0 Å². The summed E-state index contributed by atoms with van der Waals surface area (Å²) in [4.78, 5) is 0. The molecule has 6 heteroatoms. The number of hydrogen-bond acceptors (Lipinski definition) is 4. The third kappa shape index (κ3) is 5.88. The van der Waals surface area contributed by atoms with Crippen molar-refractivity contribution in [3.8, 4) is 44.8 Å². The summed E-state index contributed by atoms with van der Waals surface area (Å²) in [5, 5.41) is 10.0. The summed E-state index contributed by atoms with van der Waals surface area (Å²) < 4.78 is 10.3. The molecule has 4 N–H and O–H groups in total. The van der Waals surface area contributed by atoms with Gasteiger partial charge in [-0.2, -0.15) is 0 Å². The molecule has 0 bridgehead atoms. The molecule has 4 nitrogen and oxygen atoms in total. The van der Waals surface area contributed by atoms with Crippen LogP contribution in [-0.2, 0) is 5.41 Å². The number of anilines is 2. The molecule has 0 atom stereocenters. The van der Waals surface area contributed by atoms with Crippen LogP contribution in [0.5, 0.6) is 0 Å². The fourth-order valence-electron chi connectivity index (χ4n) is 13.7. The quantitative estimate of drug-likeness (QED) is 0.163. The van der Waals surface area contributed by atoms with Gasteiger partial charge in [-0.15, -0.1) is 22.7 Å². The number of nitrogens with two attached hydrogens (primary N) is 2. The summed E-state index contributed by atoms with van der Waals surface area (Å²) >= 11 is 3.77. The minimum absolute atomic E-state index is 0.0528. The number of rotatable bonds is 6. The fraction of sp³-hybridized carbons (Fsp3) is 0.0571. The van der Waals surface area contributed by atoms with Crippen LogP contribution >= 0.6 is 22.7 Å². The van der Waals surface area contributed by atoms with Crippen LogP contribution in [0.1, 0.15) is 36.5 Å². The zero-order valence-electron chi connectivity index (χ0n) is 41.8. The predicted molar refractivity (Wildman–Crippen MR) is 327 cm³/mol. The first kappa shape index (κ1) is 43.5. The van der Waals surface area contributed by atoms with Gasteiger partial charge in [0, 0.05) is 107 Å². The molecular weight excluding hydrogens is 961 g/mol. The van der Waals surface area contributed by atoms with Crippen LogP contribution in [0.25, 0.3) is 129 Å². The third-order valence-corrected chi connectivity index (χ3v) is 19.2. The van der Waals surface area contributed by atoms with E-state index in [-0.39, 0.29) is 5.92 Å². The van der Waals surface area contributed by atoms with Crippen molar-refractivity contribution < 1.29 is 0 Å². The van der Waals surface area contributed by atoms with Gasteiger partial charge in [0.15, 0.2) is 0 Å². The predicted octanol–water partition coefficient (Wildman–Crippen LogP) is 19.2. The molecule has 76 heavy (non-hydrogen) atoms. The molecule has 0 spiro atoms. The number of hydrogen-bond donors (Lipinski definition) is 2. The topological polar surface area (TPSA) is 61.9 Å². The monoisotopic (exact) mass is 1010 g/mol. The molecule has 0 fully saturated rings. The number of benzene rings is 11. The maximum atomic E-state index is 7.48. The highest BCUT2D eigenvalue weighted by Crippen LogP contribution is 2.60. The number of nitrogens with zero attached hydrogens (tertiary/aromatic N) is 2. The molecule has 15 aromatic rings. The number of fused-ring (bicyclic) bond motifs is 17. The van der Waals surface area contributed by atoms with Crippen molar-refractivity contribution in [2.45, 2.75) is 25.2 Å². The molecule has 0 amide bonds. The highest BCUT2D eigenvalue weighted by atomic mass is 32.1. The Hall–Kier alpha value is -8.94. The highest BCUT2D eigenvalue weighted by molar-refractivity contribution is 7.27. The van der Waals surface area contributed by atoms with Crippen molar-refractivity contribution in [1.82, 2.24) is 9.13 Å². The molecule has 0 saturated heterocycles. The Balaban J connectivity index is 1.16. The van der Waals surface area contributed by atoms with Gasteiger partial charge in [-0.1, -0.05) is 184 Å². The molecular formula is C70H48N4S2. The molecule has 1 aliphatic rings. The van der Waals surface area contributed by atoms with Crippen LogP contribution in [-0.4, -0.2) is 9.13 Å². The molecule has 16 rings (SSSR count). The average Bonchev–Trinajstić information content (AvgIpc) is 4.45. The Labute approximate surface area is 446 Å². The lowest BCUT2D eigenvalue weighted by molar-refractivity contribution is 0.468. The molecule has 4 aromatic heterocycles.